The summed E-state index contributed by atoms with van der Waals surface area (Å²) >= 11 is 0. The average molecular weight is 258 g/mol. The molecular formula is C9H13N3O4P+. The van der Waals surface area contributed by atoms with Crippen LogP contribution in [0.3, 0.4) is 0 Å². The number of nitrogen functional groups attached to an aromatic ring is 1. The van der Waals surface area contributed by atoms with Crippen LogP contribution in [0.5, 0.6) is 0 Å². The van der Waals surface area contributed by atoms with Gasteiger partial charge in [-0.05, 0) is 6.07 Å². The van der Waals surface area contributed by atoms with Gasteiger partial charge in [0, 0.05) is 6.20 Å². The van der Waals surface area contributed by atoms with Crippen LogP contribution >= 0.6 is 7.80 Å². The lowest BCUT2D eigenvalue weighted by molar-refractivity contribution is 0.00402. The van der Waals surface area contributed by atoms with Crippen LogP contribution < -0.4 is 11.4 Å². The fraction of sp³-hybridized carbons (Fsp3) is 0.556. The van der Waals surface area contributed by atoms with Gasteiger partial charge in [0.05, 0.1) is 13.2 Å². The average Bonchev–Trinajstić information content (AvgIpc) is 2.71. The van der Waals surface area contributed by atoms with Crippen molar-refractivity contribution in [2.45, 2.75) is 18.7 Å². The zero-order valence-electron chi connectivity index (χ0n) is 9.28. The summed E-state index contributed by atoms with van der Waals surface area (Å²) in [5, 5.41) is 0. The van der Waals surface area contributed by atoms with Crippen LogP contribution in [0.4, 0.5) is 5.82 Å². The third-order valence-corrected chi connectivity index (χ3v) is 3.19. The summed E-state index contributed by atoms with van der Waals surface area (Å²) in [5.74, 6) is 0.185. The molecule has 0 aromatic carbocycles. The van der Waals surface area contributed by atoms with E-state index in [1.54, 1.807) is 12.9 Å². The Bertz CT molecular complexity index is 489. The Morgan fingerprint density at radius 1 is 1.71 bits per heavy atom. The minimum absolute atomic E-state index is 0.185. The minimum Gasteiger partial charge on any atom is -0.383 e. The van der Waals surface area contributed by atoms with Crippen molar-refractivity contribution in [3.63, 3.8) is 0 Å². The quantitative estimate of drug-likeness (QED) is 0.765. The Balaban J connectivity index is 2.03. The van der Waals surface area contributed by atoms with Gasteiger partial charge in [0.15, 0.2) is 0 Å². The maximum Gasteiger partial charge on any atom is 0.398 e. The number of aromatic nitrogens is 2. The number of ether oxygens (including phenoxy) is 2. The standard InChI is InChI=1S/C9H12N3O4P/c1-17(14)9-15-5-6(16-9)4-12-3-2-7(10)11-8(12)13/h2-3,6,9H,4-5H2,1H3,(H-,10,11,13)/p+1. The first-order chi connectivity index (χ1) is 8.06. The Hall–Kier alpha value is -1.30. The van der Waals surface area contributed by atoms with E-state index in [2.05, 4.69) is 4.98 Å². The molecule has 0 saturated carbocycles. The van der Waals surface area contributed by atoms with Crippen LogP contribution in [0.15, 0.2) is 17.1 Å². The third kappa shape index (κ3) is 2.88. The molecule has 92 valence electrons. The highest BCUT2D eigenvalue weighted by Crippen LogP contribution is 2.30. The lowest BCUT2D eigenvalue weighted by Gasteiger charge is -2.08. The molecule has 7 nitrogen and oxygen atoms in total. The van der Waals surface area contributed by atoms with Crippen LogP contribution in [-0.2, 0) is 20.6 Å². The van der Waals surface area contributed by atoms with Gasteiger partial charge in [0.1, 0.15) is 18.6 Å². The molecule has 3 atom stereocenters. The van der Waals surface area contributed by atoms with E-state index < -0.39 is 19.5 Å². The van der Waals surface area contributed by atoms with Gasteiger partial charge in [-0.25, -0.2) is 4.79 Å². The molecule has 1 aromatic heterocycles. The maximum absolute atomic E-state index is 11.5. The Morgan fingerprint density at radius 2 is 2.47 bits per heavy atom. The first-order valence-electron chi connectivity index (χ1n) is 5.06. The van der Waals surface area contributed by atoms with Gasteiger partial charge in [0.2, 0.25) is 0 Å². The van der Waals surface area contributed by atoms with Crippen LogP contribution in [0, 0.1) is 0 Å². The van der Waals surface area contributed by atoms with E-state index in [1.807, 2.05) is 0 Å². The predicted octanol–water partition coefficient (Wildman–Crippen LogP) is -0.0183. The topological polar surface area (TPSA) is 96.4 Å². The Labute approximate surface area is 98.3 Å². The molecule has 3 unspecified atom stereocenters. The zero-order chi connectivity index (χ0) is 12.4. The van der Waals surface area contributed by atoms with Crippen LogP contribution in [-0.4, -0.2) is 35.0 Å². The molecule has 0 bridgehead atoms. The van der Waals surface area contributed by atoms with E-state index in [0.29, 0.717) is 13.2 Å². The van der Waals surface area contributed by atoms with E-state index in [0.717, 1.165) is 0 Å². The number of nitrogens with two attached hydrogens (primary N) is 1. The zero-order valence-corrected chi connectivity index (χ0v) is 10.2. The molecule has 0 amide bonds. The van der Waals surface area contributed by atoms with Gasteiger partial charge in [0.25, 0.3) is 0 Å². The van der Waals surface area contributed by atoms with Gasteiger partial charge in [-0.15, -0.1) is 0 Å². The smallest absolute Gasteiger partial charge is 0.383 e. The first-order valence-corrected chi connectivity index (χ1v) is 6.84. The summed E-state index contributed by atoms with van der Waals surface area (Å²) in [4.78, 5) is 15.1. The van der Waals surface area contributed by atoms with E-state index in [-0.39, 0.29) is 11.9 Å². The summed E-state index contributed by atoms with van der Waals surface area (Å²) in [6.07, 6.45) is 1.26. The molecule has 1 saturated heterocycles. The van der Waals surface area contributed by atoms with Crippen molar-refractivity contribution in [1.29, 1.82) is 0 Å². The van der Waals surface area contributed by atoms with Crippen molar-refractivity contribution >= 4 is 13.6 Å². The number of rotatable bonds is 3. The summed E-state index contributed by atoms with van der Waals surface area (Å²) in [7, 11) is -1.53. The second kappa shape index (κ2) is 4.91. The van der Waals surface area contributed by atoms with Crippen LogP contribution in [0.1, 0.15) is 0 Å². The number of hydrogen-bond donors (Lipinski definition) is 1. The molecule has 0 aliphatic carbocycles. The monoisotopic (exact) mass is 258 g/mol. The predicted molar refractivity (Wildman–Crippen MR) is 61.1 cm³/mol. The fourth-order valence-corrected chi connectivity index (χ4v) is 2.16. The normalized spacial score (nSPS) is 24.9. The highest BCUT2D eigenvalue weighted by molar-refractivity contribution is 7.44. The van der Waals surface area contributed by atoms with Crippen LogP contribution in [0.2, 0.25) is 0 Å². The minimum atomic E-state index is -1.53. The molecule has 0 spiro atoms. The lowest BCUT2D eigenvalue weighted by Crippen LogP contribution is -2.29. The number of nitrogens with zero attached hydrogens (tertiary/aromatic N) is 2. The second-order valence-corrected chi connectivity index (χ2v) is 5.25. The van der Waals surface area contributed by atoms with E-state index in [1.165, 1.54) is 10.6 Å². The molecule has 0 radical (unpaired) electrons. The van der Waals surface area contributed by atoms with Crippen molar-refractivity contribution in [2.24, 2.45) is 0 Å². The molecule has 1 aromatic rings. The molecule has 1 aliphatic rings. The fourth-order valence-electron chi connectivity index (χ4n) is 1.52. The third-order valence-electron chi connectivity index (χ3n) is 2.33. The number of anilines is 1. The summed E-state index contributed by atoms with van der Waals surface area (Å²) in [5.41, 5.74) is 4.95. The van der Waals surface area contributed by atoms with E-state index >= 15 is 0 Å². The van der Waals surface area contributed by atoms with Crippen molar-refractivity contribution in [3.8, 4) is 0 Å². The van der Waals surface area contributed by atoms with Crippen molar-refractivity contribution < 1.29 is 14.0 Å². The Kier molecular flexibility index (Phi) is 3.51. The lowest BCUT2D eigenvalue weighted by atomic mass is 10.4. The van der Waals surface area contributed by atoms with Crippen molar-refractivity contribution in [2.75, 3.05) is 19.0 Å². The first kappa shape index (κ1) is 12.2. The highest BCUT2D eigenvalue weighted by atomic mass is 31.1. The summed E-state index contributed by atoms with van der Waals surface area (Å²) in [6, 6.07) is 0.863. The van der Waals surface area contributed by atoms with Gasteiger partial charge in [-0.2, -0.15) is 4.98 Å². The molecule has 17 heavy (non-hydrogen) atoms. The Morgan fingerprint density at radius 3 is 3.06 bits per heavy atom. The second-order valence-electron chi connectivity index (χ2n) is 3.73. The van der Waals surface area contributed by atoms with Crippen molar-refractivity contribution in [3.05, 3.63) is 22.7 Å². The largest absolute Gasteiger partial charge is 0.398 e. The molecule has 2 heterocycles. The number of hydrogen-bond acceptors (Lipinski definition) is 6. The summed E-state index contributed by atoms with van der Waals surface area (Å²) in [6.45, 7) is 2.17. The highest BCUT2D eigenvalue weighted by Gasteiger charge is 2.37. The van der Waals surface area contributed by atoms with Crippen molar-refractivity contribution in [1.82, 2.24) is 9.55 Å². The molecule has 8 heteroatoms. The van der Waals surface area contributed by atoms with E-state index in [9.17, 15) is 9.36 Å². The van der Waals surface area contributed by atoms with Gasteiger partial charge in [-0.1, -0.05) is 4.57 Å². The molecule has 2 rings (SSSR count). The maximum atomic E-state index is 11.5. The van der Waals surface area contributed by atoms with Gasteiger partial charge in [-0.3, -0.25) is 4.57 Å². The molecular weight excluding hydrogens is 245 g/mol. The molecule has 1 aliphatic heterocycles. The van der Waals surface area contributed by atoms with Gasteiger partial charge < -0.3 is 15.2 Å². The molecule has 2 N–H and O–H groups in total. The SMILES string of the molecule is C[P+](=O)C1OCC(Cn2ccc(N)nc2=O)O1. The molecule has 1 fully saturated rings. The summed E-state index contributed by atoms with van der Waals surface area (Å²) < 4.78 is 23.1. The van der Waals surface area contributed by atoms with Gasteiger partial charge >= 0.3 is 19.5 Å². The van der Waals surface area contributed by atoms with Crippen LogP contribution in [0.25, 0.3) is 0 Å². The van der Waals surface area contributed by atoms with E-state index in [4.69, 9.17) is 15.2 Å².